The van der Waals surface area contributed by atoms with Gasteiger partial charge in [0.1, 0.15) is 11.8 Å². The summed E-state index contributed by atoms with van der Waals surface area (Å²) in [6.07, 6.45) is 0. The first kappa shape index (κ1) is 14.5. The second kappa shape index (κ2) is 5.59. The van der Waals surface area contributed by atoms with Crippen LogP contribution in [-0.4, -0.2) is 87.2 Å². The van der Waals surface area contributed by atoms with Gasteiger partial charge in [0.2, 0.25) is 0 Å². The normalized spacial score (nSPS) is 13.3. The molecule has 0 fully saturated rings. The van der Waals surface area contributed by atoms with Crippen molar-refractivity contribution in [2.45, 2.75) is 6.04 Å². The third-order valence-electron chi connectivity index (χ3n) is 0.707. The predicted molar refractivity (Wildman–Crippen MR) is 39.2 cm³/mol. The number of hydrogen-bond donors (Lipinski definition) is 3. The maximum absolute atomic E-state index is 9.96. The zero-order chi connectivity index (χ0) is 8.36. The van der Waals surface area contributed by atoms with Crippen LogP contribution in [0.1, 0.15) is 0 Å². The quantitative estimate of drug-likeness (QED) is 0.353. The molecule has 1 unspecified atom stereocenters. The molecule has 0 aliphatic rings. The van der Waals surface area contributed by atoms with Gasteiger partial charge in [-0.2, -0.15) is 8.42 Å². The summed E-state index contributed by atoms with van der Waals surface area (Å²) in [5.41, 5.74) is 4.76. The van der Waals surface area contributed by atoms with Crippen molar-refractivity contribution >= 4 is 67.5 Å². The molecule has 4 N–H and O–H groups in total. The molecule has 0 aromatic rings. The van der Waals surface area contributed by atoms with Crippen molar-refractivity contribution in [1.82, 2.24) is 0 Å². The maximum atomic E-state index is 9.96. The Bertz CT molecular complexity index is 224. The number of carboxylic acid groups (broad SMARTS) is 1. The van der Waals surface area contributed by atoms with E-state index < -0.39 is 27.9 Å². The second-order valence-electron chi connectivity index (χ2n) is 1.69. The van der Waals surface area contributed by atoms with Gasteiger partial charge in [0.15, 0.2) is 0 Å². The van der Waals surface area contributed by atoms with Crippen molar-refractivity contribution in [2.24, 2.45) is 5.73 Å². The second-order valence-corrected chi connectivity index (χ2v) is 3.19. The number of hydrogen-bond acceptors (Lipinski definition) is 4. The van der Waals surface area contributed by atoms with E-state index >= 15 is 0 Å². The summed E-state index contributed by atoms with van der Waals surface area (Å²) in [5.74, 6) is -2.42. The number of carbonyl (C=O) groups is 1. The van der Waals surface area contributed by atoms with Gasteiger partial charge in [-0.15, -0.1) is 0 Å². The van der Waals surface area contributed by atoms with Crippen molar-refractivity contribution in [3.63, 3.8) is 0 Å². The van der Waals surface area contributed by atoms with Crippen LogP contribution in [0.3, 0.4) is 0 Å². The first-order chi connectivity index (χ1) is 4.33. The fourth-order valence-corrected chi connectivity index (χ4v) is 0.895. The Morgan fingerprint density at radius 3 is 2.00 bits per heavy atom. The molecule has 8 heteroatoms. The standard InChI is InChI=1S/C3H7NO5S.K.H/c4-2(3(5)6)1-10(7,8)9;;/h2H,1,4H2,(H,5,6)(H,7,8,9);;. The van der Waals surface area contributed by atoms with E-state index in [2.05, 4.69) is 0 Å². The van der Waals surface area contributed by atoms with Crippen LogP contribution >= 0.6 is 0 Å². The van der Waals surface area contributed by atoms with Gasteiger partial charge in [-0.1, -0.05) is 0 Å². The summed E-state index contributed by atoms with van der Waals surface area (Å²) >= 11 is 0. The molecule has 0 aromatic carbocycles. The summed E-state index contributed by atoms with van der Waals surface area (Å²) in [7, 11) is -4.27. The van der Waals surface area contributed by atoms with E-state index in [1.807, 2.05) is 0 Å². The fourth-order valence-electron chi connectivity index (χ4n) is 0.298. The van der Waals surface area contributed by atoms with E-state index in [-0.39, 0.29) is 51.4 Å². The van der Waals surface area contributed by atoms with Crippen molar-refractivity contribution < 1.29 is 22.9 Å². The van der Waals surface area contributed by atoms with Crippen molar-refractivity contribution in [3.05, 3.63) is 0 Å². The van der Waals surface area contributed by atoms with E-state index in [4.69, 9.17) is 15.4 Å². The third kappa shape index (κ3) is 8.89. The SMILES string of the molecule is NC(CS(=O)(=O)O)C(=O)O.[KH]. The molecular formula is C3H8KNO5S. The van der Waals surface area contributed by atoms with Crippen LogP contribution in [0.15, 0.2) is 0 Å². The van der Waals surface area contributed by atoms with Gasteiger partial charge >= 0.3 is 57.4 Å². The Hall–Kier alpha value is 0.976. The Morgan fingerprint density at radius 1 is 1.55 bits per heavy atom. The average Bonchev–Trinajstić information content (AvgIpc) is 1.60. The molecule has 0 spiro atoms. The summed E-state index contributed by atoms with van der Waals surface area (Å²) in [4.78, 5) is 9.88. The van der Waals surface area contributed by atoms with Crippen molar-refractivity contribution in [1.29, 1.82) is 0 Å². The predicted octanol–water partition coefficient (Wildman–Crippen LogP) is -2.36. The van der Waals surface area contributed by atoms with Crippen LogP contribution < -0.4 is 5.73 Å². The Labute approximate surface area is 106 Å². The van der Waals surface area contributed by atoms with Gasteiger partial charge in [-0.3, -0.25) is 9.35 Å². The molecule has 0 aliphatic carbocycles. The minimum absolute atomic E-state index is 0. The molecule has 1 atom stereocenters. The zero-order valence-electron chi connectivity index (χ0n) is 4.89. The van der Waals surface area contributed by atoms with Crippen LogP contribution in [0.4, 0.5) is 0 Å². The van der Waals surface area contributed by atoms with Crippen LogP contribution in [0, 0.1) is 0 Å². The van der Waals surface area contributed by atoms with E-state index in [0.29, 0.717) is 0 Å². The molecule has 0 saturated carbocycles. The van der Waals surface area contributed by atoms with E-state index in [1.165, 1.54) is 0 Å². The molecule has 0 amide bonds. The topological polar surface area (TPSA) is 118 Å². The summed E-state index contributed by atoms with van der Waals surface area (Å²) < 4.78 is 28.0. The monoisotopic (exact) mass is 209 g/mol. The van der Waals surface area contributed by atoms with Crippen LogP contribution in [0.5, 0.6) is 0 Å². The summed E-state index contributed by atoms with van der Waals surface area (Å²) in [6, 6.07) is -1.56. The first-order valence-corrected chi connectivity index (χ1v) is 3.87. The summed E-state index contributed by atoms with van der Waals surface area (Å²) in [5, 5.41) is 8.04. The van der Waals surface area contributed by atoms with Gasteiger partial charge in [-0.05, 0) is 0 Å². The van der Waals surface area contributed by atoms with Crippen LogP contribution in [0.2, 0.25) is 0 Å². The van der Waals surface area contributed by atoms with E-state index in [0.717, 1.165) is 0 Å². The van der Waals surface area contributed by atoms with Crippen LogP contribution in [0.25, 0.3) is 0 Å². The Morgan fingerprint density at radius 2 is 1.91 bits per heavy atom. The number of aliphatic carboxylic acids is 1. The molecule has 0 radical (unpaired) electrons. The van der Waals surface area contributed by atoms with E-state index in [1.54, 1.807) is 0 Å². The molecule has 0 saturated heterocycles. The average molecular weight is 209 g/mol. The Balaban J connectivity index is 0. The molecular weight excluding hydrogens is 201 g/mol. The zero-order valence-corrected chi connectivity index (χ0v) is 5.71. The molecule has 0 bridgehead atoms. The van der Waals surface area contributed by atoms with Gasteiger partial charge in [-0.25, -0.2) is 0 Å². The van der Waals surface area contributed by atoms with Crippen LogP contribution in [-0.2, 0) is 14.9 Å². The van der Waals surface area contributed by atoms with Gasteiger partial charge in [0.05, 0.1) is 0 Å². The number of nitrogens with two attached hydrogens (primary N) is 1. The third-order valence-corrected chi connectivity index (χ3v) is 1.49. The Kier molecular flexibility index (Phi) is 7.37. The summed E-state index contributed by atoms with van der Waals surface area (Å²) in [6.45, 7) is 0. The molecule has 0 aliphatic heterocycles. The fraction of sp³-hybridized carbons (Fsp3) is 0.667. The minimum atomic E-state index is -4.27. The van der Waals surface area contributed by atoms with Crippen molar-refractivity contribution in [3.8, 4) is 0 Å². The molecule has 0 rings (SSSR count). The number of rotatable bonds is 3. The van der Waals surface area contributed by atoms with Crippen molar-refractivity contribution in [2.75, 3.05) is 5.75 Å². The van der Waals surface area contributed by atoms with E-state index in [9.17, 15) is 13.2 Å². The first-order valence-electron chi connectivity index (χ1n) is 2.26. The molecule has 0 heterocycles. The molecule has 6 nitrogen and oxygen atoms in total. The molecule has 62 valence electrons. The molecule has 11 heavy (non-hydrogen) atoms. The van der Waals surface area contributed by atoms with Gasteiger partial charge in [0.25, 0.3) is 10.1 Å². The molecule has 0 aromatic heterocycles. The number of carboxylic acids is 1. The van der Waals surface area contributed by atoms with Gasteiger partial charge < -0.3 is 10.8 Å². The van der Waals surface area contributed by atoms with Gasteiger partial charge in [0, 0.05) is 0 Å².